The van der Waals surface area contributed by atoms with Crippen LogP contribution in [0.1, 0.15) is 57.1 Å². The number of amides is 2. The number of aromatic nitrogens is 3. The monoisotopic (exact) mass is 542 g/mol. The first-order valence-electron chi connectivity index (χ1n) is 13.4. The molecule has 3 aromatic rings. The number of rotatable bonds is 9. The molecule has 2 aliphatic heterocycles. The highest BCUT2D eigenvalue weighted by molar-refractivity contribution is 6.03. The summed E-state index contributed by atoms with van der Waals surface area (Å²) in [5.41, 5.74) is 5.01. The Hall–Kier alpha value is -4.47. The normalized spacial score (nSPS) is 16.1. The van der Waals surface area contributed by atoms with Gasteiger partial charge in [-0.2, -0.15) is 0 Å². The molecule has 40 heavy (non-hydrogen) atoms. The molecule has 5 rings (SSSR count). The van der Waals surface area contributed by atoms with Crippen LogP contribution in [0.15, 0.2) is 47.7 Å². The number of fused-ring (bicyclic) bond motifs is 2. The maximum Gasteiger partial charge on any atom is 0.256 e. The molecule has 1 aromatic carbocycles. The molecule has 1 atom stereocenters. The molecule has 2 aliphatic rings. The third-order valence-electron chi connectivity index (χ3n) is 7.34. The average molecular weight is 543 g/mol. The lowest BCUT2D eigenvalue weighted by Crippen LogP contribution is -2.35. The minimum Gasteiger partial charge on any atom is -0.493 e. The van der Waals surface area contributed by atoms with Gasteiger partial charge in [-0.25, -0.2) is 4.98 Å². The predicted octanol–water partition coefficient (Wildman–Crippen LogP) is 4.09. The number of anilines is 1. The molecule has 0 radical (unpaired) electrons. The van der Waals surface area contributed by atoms with Gasteiger partial charge in [-0.15, -0.1) is 0 Å². The summed E-state index contributed by atoms with van der Waals surface area (Å²) in [5.74, 6) is 0.902. The zero-order chi connectivity index (χ0) is 28.6. The Kier molecular flexibility index (Phi) is 7.42. The summed E-state index contributed by atoms with van der Waals surface area (Å²) in [4.78, 5) is 49.1. The zero-order valence-corrected chi connectivity index (χ0v) is 23.4. The number of Topliss-reactive ketones (excluding diaryl/α,β-unsaturated/α-hetero) is 1. The molecule has 208 valence electrons. The quantitative estimate of drug-likeness (QED) is 0.249. The lowest BCUT2D eigenvalue weighted by Gasteiger charge is -2.20. The maximum atomic E-state index is 13.1. The van der Waals surface area contributed by atoms with Crippen molar-refractivity contribution in [2.45, 2.75) is 45.6 Å². The van der Waals surface area contributed by atoms with Crippen molar-refractivity contribution < 1.29 is 19.1 Å². The van der Waals surface area contributed by atoms with E-state index in [0.717, 1.165) is 28.8 Å². The van der Waals surface area contributed by atoms with Crippen LogP contribution in [0.3, 0.4) is 0 Å². The summed E-state index contributed by atoms with van der Waals surface area (Å²) in [6.07, 6.45) is 7.06. The standard InChI is InChI=1S/C30H34N6O4/c1-18-9-22-14-31-24-13-26(19(2)10-23(24)30(39)36(22)15-18)40-8-6-7-28(38)32-27-17-35(5)29(33-27)25(37)12-21-11-20(3)34(4)16-21/h10-11,13-14,16-17,22H,1,6-9,12,15H2,2-5H3,(H,32,38)/t22-/m1/s1. The molecule has 1 N–H and O–H groups in total. The summed E-state index contributed by atoms with van der Waals surface area (Å²) in [6, 6.07) is 5.53. The number of ketones is 1. The minimum absolute atomic E-state index is 0.0444. The van der Waals surface area contributed by atoms with Gasteiger partial charge in [0.15, 0.2) is 11.6 Å². The molecule has 10 heteroatoms. The predicted molar refractivity (Wildman–Crippen MR) is 153 cm³/mol. The summed E-state index contributed by atoms with van der Waals surface area (Å²) in [6.45, 7) is 8.77. The van der Waals surface area contributed by atoms with Gasteiger partial charge < -0.3 is 24.1 Å². The van der Waals surface area contributed by atoms with Crippen molar-refractivity contribution >= 4 is 35.3 Å². The minimum atomic E-state index is -0.213. The molecular formula is C30H34N6O4. The SMILES string of the molecule is C=C1C[C@@H]2C=Nc3cc(OCCCC(=O)Nc4cn(C)c(C(=O)Cc5cc(C)n(C)c5)n4)c(C)cc3C(=O)N2C1. The van der Waals surface area contributed by atoms with Gasteiger partial charge >= 0.3 is 0 Å². The lowest BCUT2D eigenvalue weighted by molar-refractivity contribution is -0.116. The Morgan fingerprint density at radius 1 is 1.15 bits per heavy atom. The van der Waals surface area contributed by atoms with Gasteiger partial charge in [-0.3, -0.25) is 19.4 Å². The van der Waals surface area contributed by atoms with Crippen molar-refractivity contribution in [3.8, 4) is 5.75 Å². The molecule has 0 unspecified atom stereocenters. The van der Waals surface area contributed by atoms with Crippen molar-refractivity contribution in [1.29, 1.82) is 0 Å². The summed E-state index contributed by atoms with van der Waals surface area (Å²) in [5, 5.41) is 2.77. The average Bonchev–Trinajstić information content (AvgIpc) is 3.54. The lowest BCUT2D eigenvalue weighted by atomic mass is 10.1. The molecule has 2 aromatic heterocycles. The number of hydrogen-bond acceptors (Lipinski definition) is 6. The molecule has 2 amide bonds. The molecule has 1 saturated heterocycles. The second-order valence-corrected chi connectivity index (χ2v) is 10.6. The largest absolute Gasteiger partial charge is 0.493 e. The highest BCUT2D eigenvalue weighted by Gasteiger charge is 2.33. The van der Waals surface area contributed by atoms with Crippen molar-refractivity contribution in [2.75, 3.05) is 18.5 Å². The Labute approximate surface area is 233 Å². The topological polar surface area (TPSA) is 111 Å². The van der Waals surface area contributed by atoms with Crippen LogP contribution < -0.4 is 10.1 Å². The third kappa shape index (κ3) is 5.61. The van der Waals surface area contributed by atoms with E-state index in [9.17, 15) is 14.4 Å². The van der Waals surface area contributed by atoms with Gasteiger partial charge in [0.25, 0.3) is 5.91 Å². The van der Waals surface area contributed by atoms with Crippen molar-refractivity contribution in [3.05, 3.63) is 71.0 Å². The van der Waals surface area contributed by atoms with E-state index < -0.39 is 0 Å². The smallest absolute Gasteiger partial charge is 0.256 e. The highest BCUT2D eigenvalue weighted by Crippen LogP contribution is 2.34. The van der Waals surface area contributed by atoms with E-state index in [-0.39, 0.29) is 36.5 Å². The number of imidazole rings is 1. The van der Waals surface area contributed by atoms with Gasteiger partial charge in [-0.05, 0) is 49.9 Å². The molecule has 0 bridgehead atoms. The molecular weight excluding hydrogens is 508 g/mol. The molecule has 0 saturated carbocycles. The summed E-state index contributed by atoms with van der Waals surface area (Å²) < 4.78 is 9.56. The van der Waals surface area contributed by atoms with Crippen LogP contribution in [0.2, 0.25) is 0 Å². The van der Waals surface area contributed by atoms with E-state index in [1.165, 1.54) is 0 Å². The van der Waals surface area contributed by atoms with Crippen LogP contribution >= 0.6 is 0 Å². The number of aliphatic imine (C=N–C) groups is 1. The Bertz CT molecular complexity index is 1530. The fraction of sp³-hybridized carbons (Fsp3) is 0.367. The van der Waals surface area contributed by atoms with Crippen LogP contribution in [0.5, 0.6) is 5.75 Å². The first-order chi connectivity index (χ1) is 19.1. The number of carbonyl (C=O) groups excluding carboxylic acids is 3. The van der Waals surface area contributed by atoms with E-state index in [2.05, 4.69) is 21.9 Å². The van der Waals surface area contributed by atoms with E-state index in [1.54, 1.807) is 28.8 Å². The third-order valence-corrected chi connectivity index (χ3v) is 7.34. The fourth-order valence-electron chi connectivity index (χ4n) is 5.14. The van der Waals surface area contributed by atoms with Gasteiger partial charge in [0.05, 0.1) is 23.9 Å². The molecule has 4 heterocycles. The van der Waals surface area contributed by atoms with Gasteiger partial charge in [0, 0.05) is 63.9 Å². The highest BCUT2D eigenvalue weighted by atomic mass is 16.5. The zero-order valence-electron chi connectivity index (χ0n) is 23.4. The molecule has 0 aliphatic carbocycles. The van der Waals surface area contributed by atoms with Gasteiger partial charge in [0.2, 0.25) is 11.7 Å². The maximum absolute atomic E-state index is 13.1. The van der Waals surface area contributed by atoms with Crippen LogP contribution in [0.25, 0.3) is 0 Å². The molecule has 0 spiro atoms. The van der Waals surface area contributed by atoms with Crippen LogP contribution in [-0.2, 0) is 25.3 Å². The number of nitrogens with zero attached hydrogens (tertiary/aromatic N) is 5. The first kappa shape index (κ1) is 27.1. The Morgan fingerprint density at radius 3 is 2.70 bits per heavy atom. The number of hydrogen-bond donors (Lipinski definition) is 1. The number of carbonyl (C=O) groups is 3. The van der Waals surface area contributed by atoms with Gasteiger partial charge in [0.1, 0.15) is 5.75 Å². The van der Waals surface area contributed by atoms with Gasteiger partial charge in [-0.1, -0.05) is 12.2 Å². The molecule has 10 nitrogen and oxygen atoms in total. The Morgan fingerprint density at radius 2 is 1.95 bits per heavy atom. The second-order valence-electron chi connectivity index (χ2n) is 10.6. The first-order valence-corrected chi connectivity index (χ1v) is 13.4. The van der Waals surface area contributed by atoms with Crippen molar-refractivity contribution in [2.24, 2.45) is 19.1 Å². The van der Waals surface area contributed by atoms with Crippen LogP contribution in [-0.4, -0.2) is 62.0 Å². The summed E-state index contributed by atoms with van der Waals surface area (Å²) in [7, 11) is 3.68. The second kappa shape index (κ2) is 11.0. The van der Waals surface area contributed by atoms with Crippen LogP contribution in [0, 0.1) is 13.8 Å². The number of ether oxygens (including phenoxy) is 1. The Balaban J connectivity index is 1.13. The van der Waals surface area contributed by atoms with E-state index in [4.69, 9.17) is 4.74 Å². The van der Waals surface area contributed by atoms with Crippen molar-refractivity contribution in [3.63, 3.8) is 0 Å². The number of nitrogens with one attached hydrogen (secondary N) is 1. The van der Waals surface area contributed by atoms with Crippen molar-refractivity contribution in [1.82, 2.24) is 19.0 Å². The number of aryl methyl sites for hydroxylation is 4. The van der Waals surface area contributed by atoms with E-state index in [1.807, 2.05) is 50.0 Å². The fourth-order valence-corrected chi connectivity index (χ4v) is 5.14. The summed E-state index contributed by atoms with van der Waals surface area (Å²) >= 11 is 0. The van der Waals surface area contributed by atoms with E-state index in [0.29, 0.717) is 48.2 Å². The molecule has 1 fully saturated rings. The van der Waals surface area contributed by atoms with E-state index >= 15 is 0 Å². The number of benzene rings is 1. The van der Waals surface area contributed by atoms with Crippen LogP contribution in [0.4, 0.5) is 11.5 Å².